The predicted molar refractivity (Wildman–Crippen MR) is 267 cm³/mol. The molecule has 0 aliphatic carbocycles. The lowest BCUT2D eigenvalue weighted by atomic mass is 9.97. The Morgan fingerprint density at radius 3 is 1.51 bits per heavy atom. The Balaban J connectivity index is 1.16. The van der Waals surface area contributed by atoms with Crippen molar-refractivity contribution in [2.75, 3.05) is 0 Å². The number of para-hydroxylation sites is 2. The Hall–Kier alpha value is -8.14. The van der Waals surface area contributed by atoms with E-state index in [1.807, 2.05) is 0 Å². The van der Waals surface area contributed by atoms with Crippen LogP contribution in [0.4, 0.5) is 0 Å². The Kier molecular flexibility index (Phi) is 8.97. The van der Waals surface area contributed by atoms with E-state index in [0.717, 1.165) is 29.1 Å². The van der Waals surface area contributed by atoms with Crippen LogP contribution in [0.15, 0.2) is 231 Å². The van der Waals surface area contributed by atoms with Crippen molar-refractivity contribution in [3.8, 4) is 22.5 Å². The summed E-state index contributed by atoms with van der Waals surface area (Å²) in [6.45, 7) is 0.687. The van der Waals surface area contributed by atoms with Crippen LogP contribution in [0.5, 0.6) is 0 Å². The Morgan fingerprint density at radius 1 is 0.413 bits per heavy atom. The molecule has 2 heterocycles. The van der Waals surface area contributed by atoms with Gasteiger partial charge in [0.15, 0.2) is 0 Å². The minimum absolute atomic E-state index is 0.687. The zero-order chi connectivity index (χ0) is 41.7. The van der Waals surface area contributed by atoms with Crippen LogP contribution < -0.4 is 5.32 Å². The lowest BCUT2D eigenvalue weighted by molar-refractivity contribution is 0.885. The monoisotopic (exact) mass is 805 g/mol. The molecule has 0 aliphatic rings. The van der Waals surface area contributed by atoms with Crippen molar-refractivity contribution in [2.24, 2.45) is 0 Å². The summed E-state index contributed by atoms with van der Waals surface area (Å²) in [4.78, 5) is 0. The molecule has 0 bridgehead atoms. The van der Waals surface area contributed by atoms with Gasteiger partial charge in [-0.25, -0.2) is 0 Å². The second-order valence-electron chi connectivity index (χ2n) is 16.5. The summed E-state index contributed by atoms with van der Waals surface area (Å²) in [6.07, 6.45) is 3.15. The topological polar surface area (TPSA) is 21.9 Å². The summed E-state index contributed by atoms with van der Waals surface area (Å²) in [5.74, 6) is 0. The first-order valence-corrected chi connectivity index (χ1v) is 21.9. The van der Waals surface area contributed by atoms with E-state index in [9.17, 15) is 0 Å². The van der Waals surface area contributed by atoms with E-state index in [2.05, 4.69) is 245 Å². The number of hydrogen-bond acceptors (Lipinski definition) is 1. The third kappa shape index (κ3) is 6.36. The third-order valence-corrected chi connectivity index (χ3v) is 12.8. The van der Waals surface area contributed by atoms with Crippen LogP contribution >= 0.6 is 0 Å². The van der Waals surface area contributed by atoms with Crippen LogP contribution in [0.3, 0.4) is 0 Å². The molecule has 3 heteroatoms. The molecule has 0 unspecified atom stereocenters. The number of benzene rings is 10. The zero-order valence-corrected chi connectivity index (χ0v) is 34.7. The molecule has 0 radical (unpaired) electrons. The molecular formula is C60H43N3. The van der Waals surface area contributed by atoms with Crippen molar-refractivity contribution in [3.05, 3.63) is 247 Å². The molecule has 63 heavy (non-hydrogen) atoms. The van der Waals surface area contributed by atoms with E-state index in [1.54, 1.807) is 0 Å². The molecule has 12 rings (SSSR count). The first-order valence-electron chi connectivity index (χ1n) is 21.9. The first kappa shape index (κ1) is 36.7. The van der Waals surface area contributed by atoms with Crippen molar-refractivity contribution in [1.29, 1.82) is 0 Å². The van der Waals surface area contributed by atoms with Gasteiger partial charge in [0.2, 0.25) is 0 Å². The summed E-state index contributed by atoms with van der Waals surface area (Å²) in [5.41, 5.74) is 14.2. The van der Waals surface area contributed by atoms with Gasteiger partial charge in [0.1, 0.15) is 0 Å². The average molecular weight is 806 g/mol. The van der Waals surface area contributed by atoms with Crippen LogP contribution in [0, 0.1) is 0 Å². The second kappa shape index (κ2) is 15.4. The summed E-state index contributed by atoms with van der Waals surface area (Å²) in [5, 5.41) is 13.9. The van der Waals surface area contributed by atoms with Gasteiger partial charge >= 0.3 is 0 Å². The predicted octanol–water partition coefficient (Wildman–Crippen LogP) is 15.2. The van der Waals surface area contributed by atoms with E-state index < -0.39 is 0 Å². The highest BCUT2D eigenvalue weighted by atomic mass is 15.0. The van der Waals surface area contributed by atoms with Gasteiger partial charge in [0.05, 0.1) is 22.1 Å². The van der Waals surface area contributed by atoms with Gasteiger partial charge < -0.3 is 14.5 Å². The highest BCUT2D eigenvalue weighted by molar-refractivity contribution is 6.20. The largest absolute Gasteiger partial charge is 0.381 e. The smallest absolute Gasteiger partial charge is 0.0619 e. The maximum absolute atomic E-state index is 3.98. The minimum Gasteiger partial charge on any atom is -0.381 e. The number of fused-ring (bicyclic) bond motifs is 10. The Morgan fingerprint density at radius 2 is 0.905 bits per heavy atom. The number of aromatic nitrogens is 2. The minimum atomic E-state index is 0.687. The maximum atomic E-state index is 3.98. The van der Waals surface area contributed by atoms with Gasteiger partial charge in [-0.15, -0.1) is 0 Å². The number of allylic oxidation sites excluding steroid dienone is 1. The third-order valence-electron chi connectivity index (χ3n) is 12.8. The van der Waals surface area contributed by atoms with E-state index in [4.69, 9.17) is 0 Å². The maximum Gasteiger partial charge on any atom is 0.0619 e. The van der Waals surface area contributed by atoms with Crippen molar-refractivity contribution in [2.45, 2.75) is 13.0 Å². The lowest BCUT2D eigenvalue weighted by Gasteiger charge is -2.19. The lowest BCUT2D eigenvalue weighted by Crippen LogP contribution is -2.13. The normalized spacial score (nSPS) is 12.0. The fourth-order valence-electron chi connectivity index (χ4n) is 9.90. The van der Waals surface area contributed by atoms with Crippen LogP contribution in [-0.2, 0) is 13.0 Å². The van der Waals surface area contributed by atoms with E-state index in [1.165, 1.54) is 87.4 Å². The molecule has 0 saturated carbocycles. The number of nitrogens with one attached hydrogen (secondary N) is 1. The molecular weight excluding hydrogens is 763 g/mol. The standard InChI is InChI=1S/C60H43N3/c1-3-17-41(18-4-1)40-61-56(36-33-43-21-7-10-24-49(43)42-19-5-2-6-20-42)46-37-47(62-57-29-15-13-27-52(57)54-34-31-44-22-8-11-25-50(44)59(54)62)39-48(38-46)63-58-30-16-14-28-53(58)55-35-32-45-23-9-12-26-51(45)60(55)63/h1-32,34-39,61H,33,40H2/b56-36-. The van der Waals surface area contributed by atoms with Crippen LogP contribution in [0.25, 0.3) is 93.4 Å². The highest BCUT2D eigenvalue weighted by Gasteiger charge is 2.20. The number of hydrogen-bond donors (Lipinski definition) is 1. The zero-order valence-electron chi connectivity index (χ0n) is 34.7. The van der Waals surface area contributed by atoms with Crippen molar-refractivity contribution in [3.63, 3.8) is 0 Å². The van der Waals surface area contributed by atoms with Gasteiger partial charge in [-0.2, -0.15) is 0 Å². The van der Waals surface area contributed by atoms with Crippen molar-refractivity contribution >= 4 is 70.9 Å². The second-order valence-corrected chi connectivity index (χ2v) is 16.5. The molecule has 0 aliphatic heterocycles. The molecule has 0 fully saturated rings. The summed E-state index contributed by atoms with van der Waals surface area (Å²) >= 11 is 0. The van der Waals surface area contributed by atoms with Gasteiger partial charge in [0.25, 0.3) is 0 Å². The van der Waals surface area contributed by atoms with Gasteiger partial charge in [-0.3, -0.25) is 0 Å². The van der Waals surface area contributed by atoms with Crippen LogP contribution in [-0.4, -0.2) is 9.13 Å². The fraction of sp³-hybridized carbons (Fsp3) is 0.0333. The molecule has 0 amide bonds. The van der Waals surface area contributed by atoms with E-state index in [0.29, 0.717) is 6.54 Å². The molecule has 0 saturated heterocycles. The molecule has 3 nitrogen and oxygen atoms in total. The molecule has 0 atom stereocenters. The molecule has 0 spiro atoms. The van der Waals surface area contributed by atoms with Crippen molar-refractivity contribution < 1.29 is 0 Å². The SMILES string of the molecule is C(/Cc1ccccc1-c1ccccc1)=C(/NCc1ccccc1)c1cc(-n2c3ccccc3c3ccc4ccccc4c32)cc(-n2c3ccccc3c3ccc4ccccc4c32)c1. The molecule has 12 aromatic rings. The van der Waals surface area contributed by atoms with Crippen LogP contribution in [0.2, 0.25) is 0 Å². The number of nitrogens with zero attached hydrogens (tertiary/aromatic N) is 2. The highest BCUT2D eigenvalue weighted by Crippen LogP contribution is 2.41. The Bertz CT molecular complexity index is 3530. The Labute approximate surface area is 366 Å². The summed E-state index contributed by atoms with van der Waals surface area (Å²) < 4.78 is 5.01. The number of rotatable bonds is 9. The summed E-state index contributed by atoms with van der Waals surface area (Å²) in [7, 11) is 0. The molecule has 298 valence electrons. The summed E-state index contributed by atoms with van der Waals surface area (Å²) in [6, 6.07) is 81.9. The van der Waals surface area contributed by atoms with Crippen LogP contribution in [0.1, 0.15) is 16.7 Å². The fourth-order valence-corrected chi connectivity index (χ4v) is 9.90. The molecule has 2 aromatic heterocycles. The average Bonchev–Trinajstić information content (AvgIpc) is 3.88. The van der Waals surface area contributed by atoms with Gasteiger partial charge in [-0.1, -0.05) is 200 Å². The van der Waals surface area contributed by atoms with E-state index >= 15 is 0 Å². The van der Waals surface area contributed by atoms with Gasteiger partial charge in [0, 0.05) is 61.5 Å². The first-order chi connectivity index (χ1) is 31.3. The van der Waals surface area contributed by atoms with E-state index in [-0.39, 0.29) is 0 Å². The molecule has 10 aromatic carbocycles. The van der Waals surface area contributed by atoms with Crippen molar-refractivity contribution in [1.82, 2.24) is 14.5 Å². The molecule has 1 N–H and O–H groups in total. The quantitative estimate of drug-likeness (QED) is 0.154. The van der Waals surface area contributed by atoms with Gasteiger partial charge in [-0.05, 0) is 69.8 Å².